The minimum absolute atomic E-state index is 0.188. The number of nitrogens with zero attached hydrogens (tertiary/aromatic N) is 2. The van der Waals surface area contributed by atoms with Crippen LogP contribution in [-0.2, 0) is 6.54 Å². The molecule has 0 spiro atoms. The molecule has 2 heterocycles. The van der Waals surface area contributed by atoms with Gasteiger partial charge in [-0.05, 0) is 11.4 Å². The Morgan fingerprint density at radius 2 is 2.46 bits per heavy atom. The van der Waals surface area contributed by atoms with E-state index in [0.29, 0.717) is 10.7 Å². The topological polar surface area (TPSA) is 64.9 Å². The van der Waals surface area contributed by atoms with Crippen molar-refractivity contribution in [2.75, 3.05) is 0 Å². The molecule has 0 bridgehead atoms. The van der Waals surface area contributed by atoms with Crippen molar-refractivity contribution in [2.24, 2.45) is 5.73 Å². The van der Waals surface area contributed by atoms with Crippen molar-refractivity contribution in [3.8, 4) is 10.8 Å². The Balaban J connectivity index is 2.41. The van der Waals surface area contributed by atoms with Gasteiger partial charge in [-0.15, -0.1) is 11.3 Å². The molecule has 68 valence electrons. The zero-order chi connectivity index (χ0) is 9.26. The van der Waals surface area contributed by atoms with E-state index in [1.54, 1.807) is 5.38 Å². The van der Waals surface area contributed by atoms with Crippen LogP contribution in [0.4, 0.5) is 4.39 Å². The van der Waals surface area contributed by atoms with E-state index in [1.807, 2.05) is 0 Å². The quantitative estimate of drug-likeness (QED) is 0.793. The molecule has 0 saturated carbocycles. The monoisotopic (exact) mass is 199 g/mol. The third-order valence-electron chi connectivity index (χ3n) is 1.46. The number of halogens is 1. The van der Waals surface area contributed by atoms with E-state index in [9.17, 15) is 4.39 Å². The van der Waals surface area contributed by atoms with E-state index in [-0.39, 0.29) is 18.3 Å². The average Bonchev–Trinajstić information content (AvgIpc) is 2.71. The van der Waals surface area contributed by atoms with Crippen molar-refractivity contribution < 1.29 is 8.91 Å². The summed E-state index contributed by atoms with van der Waals surface area (Å²) in [5.41, 5.74) is 5.28. The van der Waals surface area contributed by atoms with Crippen molar-refractivity contribution in [1.29, 1.82) is 0 Å². The summed E-state index contributed by atoms with van der Waals surface area (Å²) < 4.78 is 17.8. The van der Waals surface area contributed by atoms with Crippen LogP contribution >= 0.6 is 11.3 Å². The second-order valence-corrected chi connectivity index (χ2v) is 3.23. The van der Waals surface area contributed by atoms with Gasteiger partial charge < -0.3 is 10.3 Å². The molecule has 2 rings (SSSR count). The predicted octanol–water partition coefficient (Wildman–Crippen LogP) is 1.40. The fraction of sp³-hybridized carbons (Fsp3) is 0.143. The molecule has 0 aliphatic rings. The maximum absolute atomic E-state index is 13.0. The summed E-state index contributed by atoms with van der Waals surface area (Å²) >= 11 is 1.21. The summed E-state index contributed by atoms with van der Waals surface area (Å²) in [6.45, 7) is 0.191. The van der Waals surface area contributed by atoms with Gasteiger partial charge in [-0.3, -0.25) is 0 Å². The second kappa shape index (κ2) is 3.23. The molecule has 2 N–H and O–H groups in total. The van der Waals surface area contributed by atoms with Crippen LogP contribution in [0.15, 0.2) is 16.0 Å². The third kappa shape index (κ3) is 1.45. The molecule has 6 heteroatoms. The van der Waals surface area contributed by atoms with Gasteiger partial charge in [0.1, 0.15) is 10.7 Å². The van der Waals surface area contributed by atoms with Crippen molar-refractivity contribution in [2.45, 2.75) is 6.54 Å². The normalized spacial score (nSPS) is 10.6. The maximum Gasteiger partial charge on any atom is 0.271 e. The van der Waals surface area contributed by atoms with Gasteiger partial charge in [-0.25, -0.2) is 4.39 Å². The van der Waals surface area contributed by atoms with E-state index in [1.165, 1.54) is 17.4 Å². The minimum Gasteiger partial charge on any atom is -0.333 e. The fourth-order valence-corrected chi connectivity index (χ4v) is 1.56. The molecule has 2 aromatic heterocycles. The van der Waals surface area contributed by atoms with E-state index in [4.69, 9.17) is 10.3 Å². The summed E-state index contributed by atoms with van der Waals surface area (Å²) in [5.74, 6) is 0.216. The van der Waals surface area contributed by atoms with Crippen LogP contribution in [0.25, 0.3) is 10.8 Å². The molecule has 0 fully saturated rings. The van der Waals surface area contributed by atoms with Crippen molar-refractivity contribution in [1.82, 2.24) is 10.1 Å². The van der Waals surface area contributed by atoms with Gasteiger partial charge in [-0.2, -0.15) is 4.98 Å². The van der Waals surface area contributed by atoms with Gasteiger partial charge in [-0.1, -0.05) is 5.16 Å². The van der Waals surface area contributed by atoms with Crippen LogP contribution in [0.3, 0.4) is 0 Å². The second-order valence-electron chi connectivity index (χ2n) is 2.32. The molecule has 0 saturated heterocycles. The van der Waals surface area contributed by atoms with Gasteiger partial charge >= 0.3 is 0 Å². The lowest BCUT2D eigenvalue weighted by Gasteiger charge is -1.85. The molecular formula is C7H6FN3OS. The van der Waals surface area contributed by atoms with Gasteiger partial charge in [0.15, 0.2) is 5.82 Å². The molecule has 0 aliphatic heterocycles. The maximum atomic E-state index is 13.0. The highest BCUT2D eigenvalue weighted by Gasteiger charge is 2.13. The van der Waals surface area contributed by atoms with Gasteiger partial charge in [0, 0.05) is 0 Å². The Hall–Kier alpha value is -1.27. The molecule has 0 radical (unpaired) electrons. The van der Waals surface area contributed by atoms with E-state index < -0.39 is 0 Å². The Morgan fingerprint density at radius 1 is 1.62 bits per heavy atom. The largest absolute Gasteiger partial charge is 0.333 e. The Morgan fingerprint density at radius 3 is 3.00 bits per heavy atom. The SMILES string of the molecule is NCc1noc(-c2sccc2F)n1. The molecular weight excluding hydrogens is 193 g/mol. The molecule has 0 aromatic carbocycles. The molecule has 0 aliphatic carbocycles. The molecule has 4 nitrogen and oxygen atoms in total. The number of nitrogens with two attached hydrogens (primary N) is 1. The number of thiophene rings is 1. The zero-order valence-electron chi connectivity index (χ0n) is 6.53. The summed E-state index contributed by atoms with van der Waals surface area (Å²) in [7, 11) is 0. The van der Waals surface area contributed by atoms with Gasteiger partial charge in [0.25, 0.3) is 5.89 Å². The number of hydrogen-bond acceptors (Lipinski definition) is 5. The lowest BCUT2D eigenvalue weighted by Crippen LogP contribution is -1.97. The lowest BCUT2D eigenvalue weighted by atomic mass is 10.4. The molecule has 0 unspecified atom stereocenters. The van der Waals surface area contributed by atoms with Crippen LogP contribution in [-0.4, -0.2) is 10.1 Å². The molecule has 0 atom stereocenters. The standard InChI is InChI=1S/C7H6FN3OS/c8-4-1-2-13-6(4)7-10-5(3-9)11-12-7/h1-2H,3,9H2. The highest BCUT2D eigenvalue weighted by molar-refractivity contribution is 7.13. The van der Waals surface area contributed by atoms with E-state index in [2.05, 4.69) is 10.1 Å². The van der Waals surface area contributed by atoms with Crippen LogP contribution in [0.2, 0.25) is 0 Å². The first-order valence-corrected chi connectivity index (χ1v) is 4.45. The lowest BCUT2D eigenvalue weighted by molar-refractivity contribution is 0.421. The van der Waals surface area contributed by atoms with Gasteiger partial charge in [0.2, 0.25) is 0 Å². The number of hydrogen-bond donors (Lipinski definition) is 1. The smallest absolute Gasteiger partial charge is 0.271 e. The Labute approximate surface area is 77.2 Å². The van der Waals surface area contributed by atoms with Crippen LogP contribution in [0, 0.1) is 5.82 Å². The number of aromatic nitrogens is 2. The summed E-state index contributed by atoms with van der Waals surface area (Å²) in [5, 5.41) is 5.18. The average molecular weight is 199 g/mol. The van der Waals surface area contributed by atoms with Crippen molar-refractivity contribution in [3.63, 3.8) is 0 Å². The summed E-state index contributed by atoms with van der Waals surface area (Å²) in [6.07, 6.45) is 0. The van der Waals surface area contributed by atoms with E-state index >= 15 is 0 Å². The van der Waals surface area contributed by atoms with Crippen LogP contribution < -0.4 is 5.73 Å². The highest BCUT2D eigenvalue weighted by atomic mass is 32.1. The number of rotatable bonds is 2. The third-order valence-corrected chi connectivity index (χ3v) is 2.34. The fourth-order valence-electron chi connectivity index (χ4n) is 0.875. The van der Waals surface area contributed by atoms with E-state index in [0.717, 1.165) is 0 Å². The molecule has 0 amide bonds. The summed E-state index contributed by atoms with van der Waals surface area (Å²) in [6, 6.07) is 1.35. The molecule has 13 heavy (non-hydrogen) atoms. The Bertz CT molecular complexity index is 411. The van der Waals surface area contributed by atoms with Crippen molar-refractivity contribution >= 4 is 11.3 Å². The zero-order valence-corrected chi connectivity index (χ0v) is 7.34. The molecule has 2 aromatic rings. The van der Waals surface area contributed by atoms with Crippen molar-refractivity contribution in [3.05, 3.63) is 23.1 Å². The van der Waals surface area contributed by atoms with Crippen LogP contribution in [0.5, 0.6) is 0 Å². The van der Waals surface area contributed by atoms with Crippen LogP contribution in [0.1, 0.15) is 5.82 Å². The van der Waals surface area contributed by atoms with Gasteiger partial charge in [0.05, 0.1) is 6.54 Å². The summed E-state index contributed by atoms with van der Waals surface area (Å²) in [4.78, 5) is 4.25. The highest BCUT2D eigenvalue weighted by Crippen LogP contribution is 2.26. The predicted molar refractivity (Wildman–Crippen MR) is 45.5 cm³/mol. The first-order valence-electron chi connectivity index (χ1n) is 3.57. The minimum atomic E-state index is -0.350. The Kier molecular flexibility index (Phi) is 2.07. The first-order chi connectivity index (χ1) is 6.31. The first kappa shape index (κ1) is 8.33.